The molecular weight excluding hydrogens is 497 g/mol. The Morgan fingerprint density at radius 3 is 2.54 bits per heavy atom. The minimum absolute atomic E-state index is 0.0726. The second kappa shape index (κ2) is 11.1. The number of allylic oxidation sites excluding steroid dienone is 4. The van der Waals surface area contributed by atoms with Gasteiger partial charge in [0.2, 0.25) is 5.95 Å². The van der Waals surface area contributed by atoms with Crippen LogP contribution in [0.1, 0.15) is 42.5 Å². The summed E-state index contributed by atoms with van der Waals surface area (Å²) in [5.41, 5.74) is 3.43. The van der Waals surface area contributed by atoms with Gasteiger partial charge in [0, 0.05) is 61.2 Å². The average Bonchev–Trinajstić information content (AvgIpc) is 2.97. The summed E-state index contributed by atoms with van der Waals surface area (Å²) in [6.45, 7) is 4.30. The Bertz CT molecular complexity index is 1310. The van der Waals surface area contributed by atoms with E-state index in [0.717, 1.165) is 50.9 Å². The molecule has 1 amide bonds. The Kier molecular flexibility index (Phi) is 7.26. The summed E-state index contributed by atoms with van der Waals surface area (Å²) in [4.78, 5) is 25.7. The Morgan fingerprint density at radius 1 is 1.13 bits per heavy atom. The van der Waals surface area contributed by atoms with Crippen molar-refractivity contribution >= 4 is 11.9 Å². The zero-order valence-electron chi connectivity index (χ0n) is 21.8. The van der Waals surface area contributed by atoms with Crippen LogP contribution in [0.4, 0.5) is 10.3 Å². The van der Waals surface area contributed by atoms with Crippen LogP contribution >= 0.6 is 0 Å². The van der Waals surface area contributed by atoms with Gasteiger partial charge in [-0.05, 0) is 50.0 Å². The lowest BCUT2D eigenvalue weighted by Crippen LogP contribution is -2.60. The molecule has 5 aliphatic rings. The lowest BCUT2D eigenvalue weighted by molar-refractivity contribution is -0.190. The van der Waals surface area contributed by atoms with E-state index in [-0.39, 0.29) is 18.1 Å². The number of amides is 1. The van der Waals surface area contributed by atoms with Crippen LogP contribution in [-0.4, -0.2) is 76.6 Å². The van der Waals surface area contributed by atoms with E-state index in [0.29, 0.717) is 35.3 Å². The van der Waals surface area contributed by atoms with Gasteiger partial charge in [-0.2, -0.15) is 5.26 Å². The van der Waals surface area contributed by atoms with Crippen molar-refractivity contribution in [2.75, 3.05) is 38.0 Å². The number of nitrogens with zero attached hydrogens (tertiary/aromatic N) is 5. The predicted octanol–water partition coefficient (Wildman–Crippen LogP) is 3.45. The van der Waals surface area contributed by atoms with Crippen LogP contribution in [0.3, 0.4) is 0 Å². The Hall–Kier alpha value is -3.81. The second-order valence-corrected chi connectivity index (χ2v) is 10.6. The van der Waals surface area contributed by atoms with E-state index in [4.69, 9.17) is 10.00 Å². The van der Waals surface area contributed by atoms with Gasteiger partial charge in [0.1, 0.15) is 12.2 Å². The number of benzene rings is 1. The van der Waals surface area contributed by atoms with Crippen LogP contribution in [-0.2, 0) is 4.74 Å². The average molecular weight is 530 g/mol. The van der Waals surface area contributed by atoms with Gasteiger partial charge in [-0.1, -0.05) is 12.1 Å². The molecule has 39 heavy (non-hydrogen) atoms. The fourth-order valence-electron chi connectivity index (χ4n) is 5.97. The molecule has 0 saturated carbocycles. The van der Waals surface area contributed by atoms with Crippen molar-refractivity contribution in [2.45, 2.75) is 50.4 Å². The molecule has 2 N–H and O–H groups in total. The standard InChI is InChI=1S/C29H32FN7O2/c30-26-16-33-29(35-27(26)19-1-3-20(4-2-19)28(38)32-12-11-31)34-21-5-7-22(8-6-21)36-13-9-23(10-14-36)37-17-24-15-25(18-37)39-24/h1-5,7,16,23-25H,6,8-10,12-15,17-18H2,(H,32,38)(H,33,34,35). The molecule has 4 fully saturated rings. The number of morpholine rings is 1. The van der Waals surface area contributed by atoms with Crippen molar-refractivity contribution in [3.63, 3.8) is 0 Å². The number of fused-ring (bicyclic) bond motifs is 2. The first-order valence-electron chi connectivity index (χ1n) is 13.6. The highest BCUT2D eigenvalue weighted by Gasteiger charge is 2.41. The monoisotopic (exact) mass is 529 g/mol. The van der Waals surface area contributed by atoms with E-state index in [9.17, 15) is 9.18 Å². The fourth-order valence-corrected chi connectivity index (χ4v) is 5.97. The molecule has 2 atom stereocenters. The number of carbonyl (C=O) groups excluding carboxylic acids is 1. The van der Waals surface area contributed by atoms with E-state index in [1.54, 1.807) is 24.3 Å². The Morgan fingerprint density at radius 2 is 1.87 bits per heavy atom. The van der Waals surface area contributed by atoms with Crippen LogP contribution in [0, 0.1) is 17.1 Å². The zero-order valence-corrected chi connectivity index (χ0v) is 21.8. The zero-order chi connectivity index (χ0) is 26.8. The first-order chi connectivity index (χ1) is 19.1. The molecule has 5 heterocycles. The SMILES string of the molecule is N#CCNC(=O)c1ccc(-c2nc(NC3=CC=C(N4CCC(N5CC6CC(C5)O6)CC4)CC3)ncc2F)cc1. The van der Waals surface area contributed by atoms with Crippen LogP contribution < -0.4 is 10.6 Å². The molecule has 1 aromatic heterocycles. The number of carbonyl (C=O) groups is 1. The van der Waals surface area contributed by atoms with Gasteiger partial charge in [0.25, 0.3) is 5.91 Å². The van der Waals surface area contributed by atoms with Gasteiger partial charge < -0.3 is 20.3 Å². The maximum atomic E-state index is 14.6. The van der Waals surface area contributed by atoms with Gasteiger partial charge in [0.15, 0.2) is 5.82 Å². The second-order valence-electron chi connectivity index (χ2n) is 10.6. The summed E-state index contributed by atoms with van der Waals surface area (Å²) in [5, 5.41) is 14.4. The molecule has 2 bridgehead atoms. The minimum atomic E-state index is -0.542. The first kappa shape index (κ1) is 25.5. The lowest BCUT2D eigenvalue weighted by atomic mass is 9.93. The van der Waals surface area contributed by atoms with Gasteiger partial charge >= 0.3 is 0 Å². The topological polar surface area (TPSA) is 106 Å². The van der Waals surface area contributed by atoms with E-state index in [1.165, 1.54) is 25.0 Å². The third-order valence-electron chi connectivity index (χ3n) is 8.07. The van der Waals surface area contributed by atoms with Gasteiger partial charge in [-0.25, -0.2) is 14.4 Å². The molecule has 1 aromatic carbocycles. The maximum absolute atomic E-state index is 14.6. The summed E-state index contributed by atoms with van der Waals surface area (Å²) in [6, 6.07) is 8.98. The van der Waals surface area contributed by atoms with Gasteiger partial charge in [-0.15, -0.1) is 0 Å². The van der Waals surface area contributed by atoms with Gasteiger partial charge in [0.05, 0.1) is 24.5 Å². The van der Waals surface area contributed by atoms with Gasteiger partial charge in [-0.3, -0.25) is 9.69 Å². The van der Waals surface area contributed by atoms with Crippen molar-refractivity contribution in [2.24, 2.45) is 0 Å². The summed E-state index contributed by atoms with van der Waals surface area (Å²) in [7, 11) is 0. The van der Waals surface area contributed by atoms with Crippen LogP contribution in [0.2, 0.25) is 0 Å². The van der Waals surface area contributed by atoms with Crippen LogP contribution in [0.5, 0.6) is 0 Å². The largest absolute Gasteiger partial charge is 0.375 e. The molecular formula is C29H32FN7O2. The number of hydrogen-bond acceptors (Lipinski definition) is 8. The Balaban J connectivity index is 1.06. The van der Waals surface area contributed by atoms with Crippen molar-refractivity contribution < 1.29 is 13.9 Å². The summed E-state index contributed by atoms with van der Waals surface area (Å²) in [6.07, 6.45) is 11.8. The van der Waals surface area contributed by atoms with E-state index in [1.807, 2.05) is 6.07 Å². The van der Waals surface area contributed by atoms with Crippen molar-refractivity contribution in [1.82, 2.24) is 25.1 Å². The van der Waals surface area contributed by atoms with Crippen molar-refractivity contribution in [3.8, 4) is 17.3 Å². The van der Waals surface area contributed by atoms with Crippen molar-refractivity contribution in [3.05, 3.63) is 65.4 Å². The third kappa shape index (κ3) is 5.65. The molecule has 0 radical (unpaired) electrons. The number of likely N-dealkylation sites (tertiary alicyclic amines) is 1. The number of piperidine rings is 2. The maximum Gasteiger partial charge on any atom is 0.252 e. The smallest absolute Gasteiger partial charge is 0.252 e. The number of nitrogens with one attached hydrogen (secondary N) is 2. The van der Waals surface area contributed by atoms with Crippen LogP contribution in [0.15, 0.2) is 54.0 Å². The predicted molar refractivity (Wildman–Crippen MR) is 144 cm³/mol. The number of nitriles is 1. The Labute approximate surface area is 227 Å². The quantitative estimate of drug-likeness (QED) is 0.526. The lowest BCUT2D eigenvalue weighted by Gasteiger charge is -2.51. The number of halogens is 1. The highest BCUT2D eigenvalue weighted by atomic mass is 19.1. The summed E-state index contributed by atoms with van der Waals surface area (Å²) in [5.74, 6) is -0.572. The molecule has 2 aromatic rings. The van der Waals surface area contributed by atoms with E-state index < -0.39 is 5.82 Å². The van der Waals surface area contributed by atoms with Crippen LogP contribution in [0.25, 0.3) is 11.3 Å². The number of hydrogen-bond donors (Lipinski definition) is 2. The number of anilines is 1. The molecule has 4 saturated heterocycles. The number of rotatable bonds is 7. The molecule has 4 aliphatic heterocycles. The molecule has 10 heteroatoms. The molecule has 1 aliphatic carbocycles. The molecule has 202 valence electrons. The first-order valence-corrected chi connectivity index (χ1v) is 13.6. The molecule has 0 spiro atoms. The number of ether oxygens (including phenoxy) is 1. The summed E-state index contributed by atoms with van der Waals surface area (Å²) >= 11 is 0. The normalized spacial score (nSPS) is 23.2. The highest BCUT2D eigenvalue weighted by Crippen LogP contribution is 2.33. The highest BCUT2D eigenvalue weighted by molar-refractivity contribution is 5.94. The molecule has 7 rings (SSSR count). The number of aromatic nitrogens is 2. The van der Waals surface area contributed by atoms with E-state index in [2.05, 4.69) is 42.6 Å². The molecule has 9 nitrogen and oxygen atoms in total. The van der Waals surface area contributed by atoms with Crippen molar-refractivity contribution in [1.29, 1.82) is 5.26 Å². The molecule has 2 unspecified atom stereocenters. The van der Waals surface area contributed by atoms with E-state index >= 15 is 0 Å². The fraction of sp³-hybridized carbons (Fsp3) is 0.448. The minimum Gasteiger partial charge on any atom is -0.375 e. The third-order valence-corrected chi connectivity index (χ3v) is 8.07. The summed E-state index contributed by atoms with van der Waals surface area (Å²) < 4.78 is 20.4.